The molecule has 1 fully saturated rings. The summed E-state index contributed by atoms with van der Waals surface area (Å²) in [4.78, 5) is 2.45. The Morgan fingerprint density at radius 1 is 0.821 bits per heavy atom. The third kappa shape index (κ3) is 4.50. The van der Waals surface area contributed by atoms with Crippen LogP contribution in [-0.2, 0) is 0 Å². The molecule has 1 atom stereocenters. The van der Waals surface area contributed by atoms with Crippen molar-refractivity contribution in [3.63, 3.8) is 0 Å². The second kappa shape index (κ2) is 8.97. The average Bonchev–Trinajstić information content (AvgIpc) is 2.72. The summed E-state index contributed by atoms with van der Waals surface area (Å²) in [7, 11) is 0. The minimum absolute atomic E-state index is 0.0474. The molecule has 0 spiro atoms. The largest absolute Gasteiger partial charge is 0.457 e. The van der Waals surface area contributed by atoms with Gasteiger partial charge in [0.05, 0.1) is 6.04 Å². The first-order chi connectivity index (χ1) is 13.7. The van der Waals surface area contributed by atoms with Gasteiger partial charge in [-0.3, -0.25) is 4.90 Å². The maximum absolute atomic E-state index is 6.60. The van der Waals surface area contributed by atoms with Crippen LogP contribution in [0, 0.1) is 0 Å². The summed E-state index contributed by atoms with van der Waals surface area (Å²) in [5, 5.41) is 4.75. The number of ether oxygens (including phenoxy) is 1. The van der Waals surface area contributed by atoms with E-state index in [9.17, 15) is 0 Å². The summed E-state index contributed by atoms with van der Waals surface area (Å²) >= 11 is 12.7. The predicted octanol–water partition coefficient (Wildman–Crippen LogP) is 5.78. The van der Waals surface area contributed by atoms with E-state index in [-0.39, 0.29) is 6.04 Å². The molecule has 3 nitrogen and oxygen atoms in total. The van der Waals surface area contributed by atoms with Crippen LogP contribution in [0.1, 0.15) is 17.2 Å². The Hall–Kier alpha value is -2.04. The van der Waals surface area contributed by atoms with Crippen LogP contribution >= 0.6 is 23.2 Å². The van der Waals surface area contributed by atoms with Crippen molar-refractivity contribution in [2.24, 2.45) is 0 Å². The van der Waals surface area contributed by atoms with E-state index in [1.54, 1.807) is 0 Å². The zero-order chi connectivity index (χ0) is 19.3. The minimum atomic E-state index is 0.0474. The molecule has 0 bridgehead atoms. The summed E-state index contributed by atoms with van der Waals surface area (Å²) in [5.41, 5.74) is 2.21. The Kier molecular flexibility index (Phi) is 6.18. The Morgan fingerprint density at radius 2 is 1.57 bits per heavy atom. The molecule has 28 heavy (non-hydrogen) atoms. The lowest BCUT2D eigenvalue weighted by Gasteiger charge is -2.36. The van der Waals surface area contributed by atoms with E-state index < -0.39 is 0 Å². The third-order valence-corrected chi connectivity index (χ3v) is 5.49. The van der Waals surface area contributed by atoms with Gasteiger partial charge in [-0.05, 0) is 47.5 Å². The molecule has 5 heteroatoms. The molecule has 0 aromatic heterocycles. The third-order valence-electron chi connectivity index (χ3n) is 4.93. The molecule has 1 aliphatic heterocycles. The summed E-state index contributed by atoms with van der Waals surface area (Å²) < 4.78 is 6.06. The monoisotopic (exact) mass is 412 g/mol. The second-order valence-electron chi connectivity index (χ2n) is 6.84. The molecule has 144 valence electrons. The van der Waals surface area contributed by atoms with Crippen LogP contribution in [0.4, 0.5) is 0 Å². The SMILES string of the molecule is Clc1ccc(C(c2cccc(Oc3ccccc3)c2)N2CCNCC2)c(Cl)c1. The van der Waals surface area contributed by atoms with E-state index in [0.29, 0.717) is 10.0 Å². The number of para-hydroxylation sites is 1. The average molecular weight is 413 g/mol. The van der Waals surface area contributed by atoms with Crippen LogP contribution in [0.5, 0.6) is 11.5 Å². The number of benzene rings is 3. The molecule has 0 amide bonds. The molecule has 3 aromatic carbocycles. The summed E-state index contributed by atoms with van der Waals surface area (Å²) in [6.07, 6.45) is 0. The summed E-state index contributed by atoms with van der Waals surface area (Å²) in [6.45, 7) is 3.82. The first kappa shape index (κ1) is 19.3. The maximum atomic E-state index is 6.60. The van der Waals surface area contributed by atoms with Gasteiger partial charge in [-0.25, -0.2) is 0 Å². The number of piperazine rings is 1. The van der Waals surface area contributed by atoms with Crippen LogP contribution < -0.4 is 10.1 Å². The van der Waals surface area contributed by atoms with Gasteiger partial charge in [0, 0.05) is 36.2 Å². The summed E-state index contributed by atoms with van der Waals surface area (Å²) in [6, 6.07) is 23.9. The number of nitrogens with one attached hydrogen (secondary N) is 1. The first-order valence-electron chi connectivity index (χ1n) is 9.43. The number of hydrogen-bond donors (Lipinski definition) is 1. The van der Waals surface area contributed by atoms with Gasteiger partial charge in [0.1, 0.15) is 11.5 Å². The molecule has 0 saturated carbocycles. The molecular weight excluding hydrogens is 391 g/mol. The van der Waals surface area contributed by atoms with E-state index in [2.05, 4.69) is 22.3 Å². The quantitative estimate of drug-likeness (QED) is 0.574. The fourth-order valence-corrected chi connectivity index (χ4v) is 4.14. The minimum Gasteiger partial charge on any atom is -0.457 e. The number of halogens is 2. The van der Waals surface area contributed by atoms with Crippen molar-refractivity contribution in [2.75, 3.05) is 26.2 Å². The molecular formula is C23H22Cl2N2O. The zero-order valence-corrected chi connectivity index (χ0v) is 17.0. The highest BCUT2D eigenvalue weighted by Gasteiger charge is 2.26. The number of rotatable bonds is 5. The molecule has 1 heterocycles. The lowest BCUT2D eigenvalue weighted by Crippen LogP contribution is -2.45. The van der Waals surface area contributed by atoms with Crippen molar-refractivity contribution in [2.45, 2.75) is 6.04 Å². The van der Waals surface area contributed by atoms with Gasteiger partial charge >= 0.3 is 0 Å². The first-order valence-corrected chi connectivity index (χ1v) is 10.2. The smallest absolute Gasteiger partial charge is 0.127 e. The lowest BCUT2D eigenvalue weighted by molar-refractivity contribution is 0.198. The van der Waals surface area contributed by atoms with Crippen molar-refractivity contribution in [1.29, 1.82) is 0 Å². The van der Waals surface area contributed by atoms with Crippen LogP contribution in [-0.4, -0.2) is 31.1 Å². The van der Waals surface area contributed by atoms with Gasteiger partial charge in [-0.2, -0.15) is 0 Å². The van der Waals surface area contributed by atoms with Crippen molar-refractivity contribution in [3.05, 3.63) is 94.0 Å². The predicted molar refractivity (Wildman–Crippen MR) is 116 cm³/mol. The molecule has 3 aromatic rings. The van der Waals surface area contributed by atoms with E-state index in [4.69, 9.17) is 27.9 Å². The van der Waals surface area contributed by atoms with Crippen molar-refractivity contribution >= 4 is 23.2 Å². The van der Waals surface area contributed by atoms with Crippen LogP contribution in [0.2, 0.25) is 10.0 Å². The molecule has 4 rings (SSSR count). The topological polar surface area (TPSA) is 24.5 Å². The molecule has 1 saturated heterocycles. The highest BCUT2D eigenvalue weighted by molar-refractivity contribution is 6.35. The number of hydrogen-bond acceptors (Lipinski definition) is 3. The van der Waals surface area contributed by atoms with E-state index in [1.807, 2.05) is 60.7 Å². The summed E-state index contributed by atoms with van der Waals surface area (Å²) in [5.74, 6) is 1.64. The van der Waals surface area contributed by atoms with E-state index >= 15 is 0 Å². The fraction of sp³-hybridized carbons (Fsp3) is 0.217. The molecule has 0 radical (unpaired) electrons. The van der Waals surface area contributed by atoms with Crippen molar-refractivity contribution < 1.29 is 4.74 Å². The Bertz CT molecular complexity index is 927. The fourth-order valence-electron chi connectivity index (χ4n) is 3.62. The van der Waals surface area contributed by atoms with Gasteiger partial charge in [0.25, 0.3) is 0 Å². The highest BCUT2D eigenvalue weighted by Crippen LogP contribution is 2.36. The standard InChI is InChI=1S/C23H22Cl2N2O/c24-18-9-10-21(22(25)16-18)23(27-13-11-26-12-14-27)17-5-4-8-20(15-17)28-19-6-2-1-3-7-19/h1-10,15-16,23,26H,11-14H2. The van der Waals surface area contributed by atoms with Crippen LogP contribution in [0.15, 0.2) is 72.8 Å². The van der Waals surface area contributed by atoms with E-state index in [0.717, 1.165) is 48.8 Å². The zero-order valence-electron chi connectivity index (χ0n) is 15.4. The second-order valence-corrected chi connectivity index (χ2v) is 7.69. The van der Waals surface area contributed by atoms with E-state index in [1.165, 1.54) is 0 Å². The van der Waals surface area contributed by atoms with Crippen molar-refractivity contribution in [1.82, 2.24) is 10.2 Å². The highest BCUT2D eigenvalue weighted by atomic mass is 35.5. The van der Waals surface area contributed by atoms with Crippen LogP contribution in [0.25, 0.3) is 0 Å². The Labute approximate surface area is 175 Å². The maximum Gasteiger partial charge on any atom is 0.127 e. The molecule has 0 aliphatic carbocycles. The van der Waals surface area contributed by atoms with Gasteiger partial charge in [-0.15, -0.1) is 0 Å². The van der Waals surface area contributed by atoms with Crippen molar-refractivity contribution in [3.8, 4) is 11.5 Å². The molecule has 1 N–H and O–H groups in total. The molecule has 1 unspecified atom stereocenters. The van der Waals surface area contributed by atoms with Gasteiger partial charge in [-0.1, -0.05) is 59.6 Å². The normalized spacial score (nSPS) is 15.9. The molecule has 1 aliphatic rings. The number of nitrogens with zero attached hydrogens (tertiary/aromatic N) is 1. The van der Waals surface area contributed by atoms with Crippen LogP contribution in [0.3, 0.4) is 0 Å². The Morgan fingerprint density at radius 3 is 2.32 bits per heavy atom. The van der Waals surface area contributed by atoms with Gasteiger partial charge in [0.15, 0.2) is 0 Å². The van der Waals surface area contributed by atoms with Gasteiger partial charge in [0.2, 0.25) is 0 Å². The van der Waals surface area contributed by atoms with Gasteiger partial charge < -0.3 is 10.1 Å². The Balaban J connectivity index is 1.70. The lowest BCUT2D eigenvalue weighted by atomic mass is 9.96.